The summed E-state index contributed by atoms with van der Waals surface area (Å²) < 4.78 is 41.9. The van der Waals surface area contributed by atoms with Gasteiger partial charge in [-0.25, -0.2) is 9.97 Å². The Labute approximate surface area is 194 Å². The van der Waals surface area contributed by atoms with Crippen molar-refractivity contribution in [3.8, 4) is 11.3 Å². The quantitative estimate of drug-likeness (QED) is 0.403. The zero-order valence-corrected chi connectivity index (χ0v) is 19.4. The average Bonchev–Trinajstić information content (AvgIpc) is 2.70. The summed E-state index contributed by atoms with van der Waals surface area (Å²) in [5.41, 5.74) is 0.277. The normalized spacial score (nSPS) is 14.0. The molecule has 0 spiro atoms. The number of nitrogens with zero attached hydrogens (tertiary/aromatic N) is 2. The van der Waals surface area contributed by atoms with E-state index in [0.717, 1.165) is 26.0 Å². The highest BCUT2D eigenvalue weighted by Gasteiger charge is 2.55. The third-order valence-electron chi connectivity index (χ3n) is 4.96. The number of alkyl halides is 3. The van der Waals surface area contributed by atoms with Gasteiger partial charge in [0, 0.05) is 11.6 Å². The predicted octanol–water partition coefficient (Wildman–Crippen LogP) is 1.81. The largest absolute Gasteiger partial charge is 0.423 e. The Morgan fingerprint density at radius 2 is 1.79 bits per heavy atom. The van der Waals surface area contributed by atoms with E-state index in [1.807, 2.05) is 5.32 Å². The number of amides is 2. The van der Waals surface area contributed by atoms with E-state index >= 15 is 0 Å². The van der Waals surface area contributed by atoms with Gasteiger partial charge in [-0.3, -0.25) is 9.59 Å². The number of halogens is 3. The van der Waals surface area contributed by atoms with Crippen molar-refractivity contribution in [2.24, 2.45) is 0 Å². The number of nitrogens with one attached hydrogen (secondary N) is 2. The Morgan fingerprint density at radius 1 is 1.18 bits per heavy atom. The first-order valence-electron chi connectivity index (χ1n) is 10.3. The monoisotopic (exact) mass is 483 g/mol. The molecule has 0 aliphatic heterocycles. The van der Waals surface area contributed by atoms with Crippen LogP contribution in [0.15, 0.2) is 24.4 Å². The molecule has 12 heteroatoms. The van der Waals surface area contributed by atoms with Crippen LogP contribution in [0.25, 0.3) is 11.3 Å². The summed E-state index contributed by atoms with van der Waals surface area (Å²) in [6.45, 7) is 6.03. The fourth-order valence-electron chi connectivity index (χ4n) is 2.97. The maximum absolute atomic E-state index is 14.0. The number of carbonyl (C=O) groups excluding carboxylic acids is 2. The number of aromatic nitrogens is 2. The zero-order chi connectivity index (χ0) is 26.1. The van der Waals surface area contributed by atoms with Crippen LogP contribution in [0.3, 0.4) is 0 Å². The van der Waals surface area contributed by atoms with Crippen molar-refractivity contribution in [3.63, 3.8) is 0 Å². The van der Waals surface area contributed by atoms with Crippen LogP contribution in [0.5, 0.6) is 0 Å². The molecule has 1 heterocycles. The second-order valence-electron chi connectivity index (χ2n) is 8.75. The van der Waals surface area contributed by atoms with Gasteiger partial charge in [0.15, 0.2) is 11.5 Å². The van der Waals surface area contributed by atoms with E-state index in [9.17, 15) is 33.0 Å². The highest BCUT2D eigenvalue weighted by molar-refractivity contribution is 5.97. The zero-order valence-electron chi connectivity index (χ0n) is 19.4. The number of nitrogen functional groups attached to an aromatic ring is 1. The minimum atomic E-state index is -5.18. The molecule has 2 rings (SSSR count). The van der Waals surface area contributed by atoms with Crippen LogP contribution in [-0.4, -0.2) is 56.4 Å². The lowest BCUT2D eigenvalue weighted by atomic mass is 9.89. The molecule has 1 unspecified atom stereocenters. The van der Waals surface area contributed by atoms with Crippen molar-refractivity contribution in [3.05, 3.63) is 41.2 Å². The average molecular weight is 483 g/mol. The van der Waals surface area contributed by atoms with Crippen LogP contribution in [0.4, 0.5) is 19.0 Å². The lowest BCUT2D eigenvalue weighted by molar-refractivity contribution is -0.264. The summed E-state index contributed by atoms with van der Waals surface area (Å²) in [5, 5.41) is 24.9. The molecule has 186 valence electrons. The molecule has 0 aliphatic rings. The standard InChI is InChI=1S/C22H28F3N5O4/c1-11(2)29-18(31)16-17(26)27-9-15(30-16)14-8-13(7-6-12(14)3)21(34,22(23,24)25)10-28-19(32)20(4,5)33/h6-9,11,33-34H,10H2,1-5H3,(H2,26,27)(H,28,32)(H,29,31). The fraction of sp³-hybridized carbons (Fsp3) is 0.455. The molecule has 0 fully saturated rings. The number of nitrogens with two attached hydrogens (primary N) is 1. The number of anilines is 1. The van der Waals surface area contributed by atoms with Crippen LogP contribution in [-0.2, 0) is 10.4 Å². The lowest BCUT2D eigenvalue weighted by Crippen LogP contribution is -2.54. The van der Waals surface area contributed by atoms with E-state index in [2.05, 4.69) is 15.3 Å². The van der Waals surface area contributed by atoms with Crippen LogP contribution in [0, 0.1) is 6.92 Å². The summed E-state index contributed by atoms with van der Waals surface area (Å²) in [6.07, 6.45) is -3.97. The van der Waals surface area contributed by atoms with Gasteiger partial charge in [-0.2, -0.15) is 13.2 Å². The van der Waals surface area contributed by atoms with E-state index in [4.69, 9.17) is 5.73 Å². The van der Waals surface area contributed by atoms with Gasteiger partial charge in [0.05, 0.1) is 18.4 Å². The van der Waals surface area contributed by atoms with Gasteiger partial charge in [0.25, 0.3) is 11.8 Å². The Hall–Kier alpha value is -3.25. The lowest BCUT2D eigenvalue weighted by Gasteiger charge is -2.32. The van der Waals surface area contributed by atoms with Crippen molar-refractivity contribution >= 4 is 17.6 Å². The van der Waals surface area contributed by atoms with Gasteiger partial charge in [-0.1, -0.05) is 12.1 Å². The molecule has 6 N–H and O–H groups in total. The summed E-state index contributed by atoms with van der Waals surface area (Å²) in [6, 6.07) is 3.25. The molecule has 2 amide bonds. The predicted molar refractivity (Wildman–Crippen MR) is 118 cm³/mol. The number of aliphatic hydroxyl groups is 2. The van der Waals surface area contributed by atoms with Crippen LogP contribution in [0.1, 0.15) is 49.3 Å². The van der Waals surface area contributed by atoms with Crippen LogP contribution >= 0.6 is 0 Å². The van der Waals surface area contributed by atoms with E-state index in [-0.39, 0.29) is 28.8 Å². The van der Waals surface area contributed by atoms with Crippen molar-refractivity contribution in [2.75, 3.05) is 12.3 Å². The molecule has 9 nitrogen and oxygen atoms in total. The van der Waals surface area contributed by atoms with Crippen LogP contribution < -0.4 is 16.4 Å². The Morgan fingerprint density at radius 3 is 2.32 bits per heavy atom. The van der Waals surface area contributed by atoms with Crippen LogP contribution in [0.2, 0.25) is 0 Å². The molecule has 1 aromatic heterocycles. The molecular weight excluding hydrogens is 455 g/mol. The number of aryl methyl sites for hydroxylation is 1. The van der Waals surface area contributed by atoms with Gasteiger partial charge < -0.3 is 26.6 Å². The number of rotatable bonds is 7. The SMILES string of the molecule is Cc1ccc(C(O)(CNC(=O)C(C)(C)O)C(F)(F)F)cc1-c1cnc(N)c(C(=O)NC(C)C)n1. The molecule has 0 radical (unpaired) electrons. The molecule has 34 heavy (non-hydrogen) atoms. The molecule has 1 aromatic carbocycles. The molecule has 0 saturated carbocycles. The van der Waals surface area contributed by atoms with E-state index in [1.165, 1.54) is 12.3 Å². The third kappa shape index (κ3) is 5.81. The highest BCUT2D eigenvalue weighted by Crippen LogP contribution is 2.40. The number of hydrogen-bond donors (Lipinski definition) is 5. The summed E-state index contributed by atoms with van der Waals surface area (Å²) in [7, 11) is 0. The molecule has 0 saturated heterocycles. The van der Waals surface area contributed by atoms with Crippen molar-refractivity contribution < 1.29 is 33.0 Å². The van der Waals surface area contributed by atoms with E-state index < -0.39 is 41.3 Å². The number of hydrogen-bond acceptors (Lipinski definition) is 7. The smallest absolute Gasteiger partial charge is 0.382 e. The minimum Gasteiger partial charge on any atom is -0.382 e. The second kappa shape index (κ2) is 9.55. The molecule has 0 aliphatic carbocycles. The third-order valence-corrected chi connectivity index (χ3v) is 4.96. The number of carbonyl (C=O) groups is 2. The highest BCUT2D eigenvalue weighted by atomic mass is 19.4. The van der Waals surface area contributed by atoms with Gasteiger partial charge in [0.1, 0.15) is 5.60 Å². The maximum Gasteiger partial charge on any atom is 0.423 e. The molecule has 2 aromatic rings. The first kappa shape index (κ1) is 27.0. The molecular formula is C22H28F3N5O4. The Kier molecular flexibility index (Phi) is 7.58. The molecule has 1 atom stereocenters. The van der Waals surface area contributed by atoms with Crippen molar-refractivity contribution in [1.82, 2.24) is 20.6 Å². The van der Waals surface area contributed by atoms with Gasteiger partial charge in [-0.05, 0) is 51.8 Å². The second-order valence-corrected chi connectivity index (χ2v) is 8.75. The van der Waals surface area contributed by atoms with Crippen molar-refractivity contribution in [1.29, 1.82) is 0 Å². The van der Waals surface area contributed by atoms with Gasteiger partial charge >= 0.3 is 6.18 Å². The summed E-state index contributed by atoms with van der Waals surface area (Å²) >= 11 is 0. The maximum atomic E-state index is 14.0. The minimum absolute atomic E-state index is 0.0625. The fourth-order valence-corrected chi connectivity index (χ4v) is 2.97. The van der Waals surface area contributed by atoms with Gasteiger partial charge in [-0.15, -0.1) is 0 Å². The van der Waals surface area contributed by atoms with E-state index in [1.54, 1.807) is 20.8 Å². The topological polar surface area (TPSA) is 150 Å². The Bertz CT molecular complexity index is 1080. The first-order chi connectivity index (χ1) is 15.5. The van der Waals surface area contributed by atoms with E-state index in [0.29, 0.717) is 5.56 Å². The molecule has 0 bridgehead atoms. The van der Waals surface area contributed by atoms with Gasteiger partial charge in [0.2, 0.25) is 5.60 Å². The van der Waals surface area contributed by atoms with Crippen molar-refractivity contribution in [2.45, 2.75) is 58.0 Å². The summed E-state index contributed by atoms with van der Waals surface area (Å²) in [4.78, 5) is 32.4. The Balaban J connectivity index is 2.56. The number of benzene rings is 1. The summed E-state index contributed by atoms with van der Waals surface area (Å²) in [5.74, 6) is -1.85. The first-order valence-corrected chi connectivity index (χ1v) is 10.3.